The van der Waals surface area contributed by atoms with E-state index in [1.807, 2.05) is 6.92 Å². The molecule has 4 nitrogen and oxygen atoms in total. The maximum Gasteiger partial charge on any atom is 0.367 e. The van der Waals surface area contributed by atoms with Crippen molar-refractivity contribution in [2.75, 3.05) is 26.7 Å². The number of thiazole rings is 1. The normalized spacial score (nSPS) is 16.5. The van der Waals surface area contributed by atoms with Crippen molar-refractivity contribution in [3.63, 3.8) is 0 Å². The average molecular weight is 266 g/mol. The van der Waals surface area contributed by atoms with Gasteiger partial charge in [0, 0.05) is 18.0 Å². The van der Waals surface area contributed by atoms with E-state index in [0.717, 1.165) is 30.1 Å². The SMILES string of the molecule is CCOC(=O)c1nc(C2=CCCN(C)C2)c(C)s1. The first-order valence-electron chi connectivity index (χ1n) is 6.14. The summed E-state index contributed by atoms with van der Waals surface area (Å²) in [4.78, 5) is 19.4. The average Bonchev–Trinajstić information content (AvgIpc) is 2.72. The van der Waals surface area contributed by atoms with Gasteiger partial charge in [0.25, 0.3) is 0 Å². The molecule has 0 atom stereocenters. The second-order valence-corrected chi connectivity index (χ2v) is 5.60. The minimum Gasteiger partial charge on any atom is -0.461 e. The molecule has 5 heteroatoms. The molecule has 1 aromatic heterocycles. The molecule has 0 spiro atoms. The lowest BCUT2D eigenvalue weighted by molar-refractivity contribution is 0.0526. The summed E-state index contributed by atoms with van der Waals surface area (Å²) >= 11 is 1.41. The number of hydrogen-bond acceptors (Lipinski definition) is 5. The van der Waals surface area contributed by atoms with Gasteiger partial charge >= 0.3 is 5.97 Å². The van der Waals surface area contributed by atoms with Gasteiger partial charge in [-0.25, -0.2) is 9.78 Å². The lowest BCUT2D eigenvalue weighted by Crippen LogP contribution is -2.25. The van der Waals surface area contributed by atoms with Crippen LogP contribution in [0.5, 0.6) is 0 Å². The van der Waals surface area contributed by atoms with Crippen molar-refractivity contribution in [1.29, 1.82) is 0 Å². The number of likely N-dealkylation sites (N-methyl/N-ethyl adjacent to an activating group) is 1. The van der Waals surface area contributed by atoms with Crippen LogP contribution in [0.1, 0.15) is 33.7 Å². The Morgan fingerprint density at radius 3 is 3.06 bits per heavy atom. The van der Waals surface area contributed by atoms with E-state index in [9.17, 15) is 4.79 Å². The molecule has 0 unspecified atom stereocenters. The summed E-state index contributed by atoms with van der Waals surface area (Å²) in [6.07, 6.45) is 3.26. The summed E-state index contributed by atoms with van der Waals surface area (Å²) in [6, 6.07) is 0. The minimum atomic E-state index is -0.318. The molecule has 0 saturated heterocycles. The third-order valence-corrected chi connectivity index (χ3v) is 3.84. The van der Waals surface area contributed by atoms with Gasteiger partial charge in [-0.1, -0.05) is 6.08 Å². The summed E-state index contributed by atoms with van der Waals surface area (Å²) in [5.74, 6) is -0.318. The molecule has 0 radical (unpaired) electrons. The van der Waals surface area contributed by atoms with Crippen molar-refractivity contribution in [2.45, 2.75) is 20.3 Å². The zero-order valence-electron chi connectivity index (χ0n) is 11.0. The fraction of sp³-hybridized carbons (Fsp3) is 0.538. The first-order valence-corrected chi connectivity index (χ1v) is 6.96. The maximum atomic E-state index is 11.7. The van der Waals surface area contributed by atoms with Gasteiger partial charge in [0.2, 0.25) is 5.01 Å². The monoisotopic (exact) mass is 266 g/mol. The predicted octanol–water partition coefficient (Wildman–Crippen LogP) is 2.35. The number of nitrogens with zero attached hydrogens (tertiary/aromatic N) is 2. The first kappa shape index (κ1) is 13.2. The largest absolute Gasteiger partial charge is 0.461 e. The predicted molar refractivity (Wildman–Crippen MR) is 72.9 cm³/mol. The molecule has 0 aromatic carbocycles. The fourth-order valence-corrected chi connectivity index (χ4v) is 2.88. The lowest BCUT2D eigenvalue weighted by Gasteiger charge is -2.22. The van der Waals surface area contributed by atoms with Gasteiger partial charge in [-0.15, -0.1) is 11.3 Å². The van der Waals surface area contributed by atoms with E-state index >= 15 is 0 Å². The van der Waals surface area contributed by atoms with Gasteiger partial charge < -0.3 is 9.64 Å². The molecule has 0 amide bonds. The van der Waals surface area contributed by atoms with Gasteiger partial charge in [0.05, 0.1) is 12.3 Å². The second kappa shape index (κ2) is 5.63. The third kappa shape index (κ3) is 2.79. The maximum absolute atomic E-state index is 11.7. The van der Waals surface area contributed by atoms with E-state index < -0.39 is 0 Å². The number of aryl methyl sites for hydroxylation is 1. The van der Waals surface area contributed by atoms with Crippen LogP contribution in [-0.2, 0) is 4.74 Å². The fourth-order valence-electron chi connectivity index (χ4n) is 2.04. The van der Waals surface area contributed by atoms with Crippen molar-refractivity contribution in [2.24, 2.45) is 0 Å². The summed E-state index contributed by atoms with van der Waals surface area (Å²) < 4.78 is 4.98. The Labute approximate surface area is 111 Å². The van der Waals surface area contributed by atoms with Crippen molar-refractivity contribution in [3.8, 4) is 0 Å². The Morgan fingerprint density at radius 1 is 1.61 bits per heavy atom. The molecular formula is C13H18N2O2S. The molecule has 1 aliphatic rings. The number of rotatable bonds is 3. The molecule has 18 heavy (non-hydrogen) atoms. The molecule has 98 valence electrons. The van der Waals surface area contributed by atoms with Gasteiger partial charge in [0.15, 0.2) is 0 Å². The van der Waals surface area contributed by atoms with Gasteiger partial charge in [-0.3, -0.25) is 0 Å². The van der Waals surface area contributed by atoms with Crippen molar-refractivity contribution >= 4 is 22.9 Å². The molecule has 0 bridgehead atoms. The molecule has 0 aliphatic carbocycles. The number of aromatic nitrogens is 1. The van der Waals surface area contributed by atoms with Crippen LogP contribution in [0.2, 0.25) is 0 Å². The van der Waals surface area contributed by atoms with E-state index in [0.29, 0.717) is 11.6 Å². The zero-order chi connectivity index (χ0) is 13.1. The quantitative estimate of drug-likeness (QED) is 0.788. The molecule has 0 fully saturated rings. The topological polar surface area (TPSA) is 42.4 Å². The molecule has 2 rings (SSSR count). The third-order valence-electron chi connectivity index (χ3n) is 2.89. The van der Waals surface area contributed by atoms with Gasteiger partial charge in [-0.05, 0) is 32.9 Å². The number of hydrogen-bond donors (Lipinski definition) is 0. The molecule has 1 aliphatic heterocycles. The zero-order valence-corrected chi connectivity index (χ0v) is 11.8. The minimum absolute atomic E-state index is 0.318. The van der Waals surface area contributed by atoms with Crippen LogP contribution < -0.4 is 0 Å². The Balaban J connectivity index is 2.24. The second-order valence-electron chi connectivity index (χ2n) is 4.40. The van der Waals surface area contributed by atoms with Gasteiger partial charge in [0.1, 0.15) is 0 Å². The molecule has 0 saturated carbocycles. The van der Waals surface area contributed by atoms with Crippen molar-refractivity contribution < 1.29 is 9.53 Å². The summed E-state index contributed by atoms with van der Waals surface area (Å²) in [6.45, 7) is 6.17. The summed E-state index contributed by atoms with van der Waals surface area (Å²) in [5.41, 5.74) is 2.17. The summed E-state index contributed by atoms with van der Waals surface area (Å²) in [7, 11) is 2.10. The first-order chi connectivity index (χ1) is 8.61. The number of esters is 1. The van der Waals surface area contributed by atoms with E-state index in [-0.39, 0.29) is 5.97 Å². The van der Waals surface area contributed by atoms with E-state index in [4.69, 9.17) is 4.74 Å². The van der Waals surface area contributed by atoms with E-state index in [1.165, 1.54) is 16.9 Å². The van der Waals surface area contributed by atoms with Crippen LogP contribution in [0.3, 0.4) is 0 Å². The smallest absolute Gasteiger partial charge is 0.367 e. The molecule has 0 N–H and O–H groups in total. The van der Waals surface area contributed by atoms with Crippen LogP contribution in [0, 0.1) is 6.92 Å². The number of carbonyl (C=O) groups is 1. The van der Waals surface area contributed by atoms with E-state index in [1.54, 1.807) is 6.92 Å². The highest BCUT2D eigenvalue weighted by Gasteiger charge is 2.19. The lowest BCUT2D eigenvalue weighted by atomic mass is 10.1. The van der Waals surface area contributed by atoms with E-state index in [2.05, 4.69) is 23.0 Å². The van der Waals surface area contributed by atoms with Crippen LogP contribution in [0.4, 0.5) is 0 Å². The highest BCUT2D eigenvalue weighted by Crippen LogP contribution is 2.27. The summed E-state index contributed by atoms with van der Waals surface area (Å²) in [5, 5.41) is 0.457. The van der Waals surface area contributed by atoms with Crippen LogP contribution in [0.25, 0.3) is 5.57 Å². The Kier molecular flexibility index (Phi) is 4.14. The Morgan fingerprint density at radius 2 is 2.39 bits per heavy atom. The van der Waals surface area contributed by atoms with Gasteiger partial charge in [-0.2, -0.15) is 0 Å². The van der Waals surface area contributed by atoms with Crippen LogP contribution >= 0.6 is 11.3 Å². The molecular weight excluding hydrogens is 248 g/mol. The standard InChI is InChI=1S/C13H18N2O2S/c1-4-17-13(16)12-14-11(9(2)18-12)10-6-5-7-15(3)8-10/h6H,4-5,7-8H2,1-3H3. The van der Waals surface area contributed by atoms with Crippen molar-refractivity contribution in [3.05, 3.63) is 21.7 Å². The number of carbonyl (C=O) groups excluding carboxylic acids is 1. The highest BCUT2D eigenvalue weighted by molar-refractivity contribution is 7.13. The Hall–Kier alpha value is -1.20. The highest BCUT2D eigenvalue weighted by atomic mass is 32.1. The molecule has 2 heterocycles. The molecule has 1 aromatic rings. The Bertz CT molecular complexity index is 479. The van der Waals surface area contributed by atoms with Crippen molar-refractivity contribution in [1.82, 2.24) is 9.88 Å². The van der Waals surface area contributed by atoms with Crippen LogP contribution in [0.15, 0.2) is 6.08 Å². The number of ether oxygens (including phenoxy) is 1. The van der Waals surface area contributed by atoms with Crippen LogP contribution in [-0.4, -0.2) is 42.6 Å².